The highest BCUT2D eigenvalue weighted by Crippen LogP contribution is 2.26. The third-order valence-corrected chi connectivity index (χ3v) is 1.73. The Morgan fingerprint density at radius 3 is 2.36 bits per heavy atom. The predicted molar refractivity (Wildman–Crippen MR) is 46.3 cm³/mol. The van der Waals surface area contributed by atoms with Crippen LogP contribution in [0.2, 0.25) is 0 Å². The van der Waals surface area contributed by atoms with Gasteiger partial charge in [0.05, 0.1) is 11.3 Å². The van der Waals surface area contributed by atoms with Crippen molar-refractivity contribution < 1.29 is 18.0 Å². The number of hydrogen-bond acceptors (Lipinski definition) is 2. The van der Waals surface area contributed by atoms with Gasteiger partial charge in [-0.1, -0.05) is 12.1 Å². The maximum absolute atomic E-state index is 12.0. The molecule has 0 spiro atoms. The van der Waals surface area contributed by atoms with E-state index in [2.05, 4.69) is 0 Å². The second-order valence-electron chi connectivity index (χ2n) is 2.47. The topological polar surface area (TPSA) is 29.1 Å². The normalized spacial score (nSPS) is 11.1. The Kier molecular flexibility index (Phi) is 3.00. The molecule has 0 heterocycles. The molecule has 6 heteroatoms. The maximum atomic E-state index is 12.0. The minimum Gasteiger partial charge on any atom is -0.298 e. The summed E-state index contributed by atoms with van der Waals surface area (Å²) in [6.45, 7) is 0. The number of anilines is 1. The van der Waals surface area contributed by atoms with Crippen molar-refractivity contribution in [2.24, 2.45) is 0 Å². The van der Waals surface area contributed by atoms with E-state index in [9.17, 15) is 18.0 Å². The molecule has 0 unspecified atom stereocenters. The molecule has 0 saturated heterocycles. The quantitative estimate of drug-likeness (QED) is 0.617. The molecule has 76 valence electrons. The number of para-hydroxylation sites is 1. The van der Waals surface area contributed by atoms with Crippen molar-refractivity contribution in [3.8, 4) is 0 Å². The SMILES string of the molecule is O=C(c1ccccc1NCl)C(F)(F)F. The standard InChI is InChI=1S/C8H5ClF3NO/c9-13-6-4-2-1-3-5(6)7(14)8(10,11)12/h1-4,13H. The number of hydrogen-bond donors (Lipinski definition) is 1. The molecule has 0 saturated carbocycles. The minimum atomic E-state index is -4.89. The first-order valence-corrected chi connectivity index (χ1v) is 3.92. The van der Waals surface area contributed by atoms with Gasteiger partial charge in [0.1, 0.15) is 0 Å². The van der Waals surface area contributed by atoms with E-state index < -0.39 is 17.5 Å². The summed E-state index contributed by atoms with van der Waals surface area (Å²) in [6, 6.07) is 5.14. The van der Waals surface area contributed by atoms with E-state index in [1.807, 2.05) is 4.84 Å². The van der Waals surface area contributed by atoms with Gasteiger partial charge in [0.15, 0.2) is 0 Å². The highest BCUT2D eigenvalue weighted by molar-refractivity contribution is 6.25. The zero-order valence-corrected chi connectivity index (χ0v) is 7.49. The van der Waals surface area contributed by atoms with Gasteiger partial charge in [0.25, 0.3) is 5.78 Å². The fourth-order valence-corrected chi connectivity index (χ4v) is 1.08. The molecule has 1 aromatic carbocycles. The van der Waals surface area contributed by atoms with E-state index in [-0.39, 0.29) is 5.69 Å². The fourth-order valence-electron chi connectivity index (χ4n) is 0.916. The Morgan fingerprint density at radius 1 is 1.29 bits per heavy atom. The molecule has 1 aromatic rings. The van der Waals surface area contributed by atoms with Gasteiger partial charge in [-0.2, -0.15) is 13.2 Å². The lowest BCUT2D eigenvalue weighted by Gasteiger charge is -2.08. The van der Waals surface area contributed by atoms with Crippen LogP contribution in [0.1, 0.15) is 10.4 Å². The van der Waals surface area contributed by atoms with Crippen LogP contribution in [0.3, 0.4) is 0 Å². The highest BCUT2D eigenvalue weighted by Gasteiger charge is 2.40. The van der Waals surface area contributed by atoms with Gasteiger partial charge >= 0.3 is 6.18 Å². The lowest BCUT2D eigenvalue weighted by molar-refractivity contribution is -0.0884. The summed E-state index contributed by atoms with van der Waals surface area (Å²) in [6.07, 6.45) is -4.89. The second-order valence-corrected chi connectivity index (χ2v) is 2.66. The zero-order valence-electron chi connectivity index (χ0n) is 6.73. The van der Waals surface area contributed by atoms with Crippen molar-refractivity contribution in [1.82, 2.24) is 0 Å². The molecule has 1 N–H and O–H groups in total. The molecule has 0 aliphatic heterocycles. The third-order valence-electron chi connectivity index (χ3n) is 1.53. The van der Waals surface area contributed by atoms with Crippen LogP contribution in [-0.2, 0) is 0 Å². The lowest BCUT2D eigenvalue weighted by Crippen LogP contribution is -2.23. The summed E-state index contributed by atoms with van der Waals surface area (Å²) in [5.74, 6) is -1.92. The molecule has 0 atom stereocenters. The lowest BCUT2D eigenvalue weighted by atomic mass is 10.1. The van der Waals surface area contributed by atoms with E-state index in [4.69, 9.17) is 11.8 Å². The van der Waals surface area contributed by atoms with E-state index in [0.717, 1.165) is 6.07 Å². The van der Waals surface area contributed by atoms with Crippen LogP contribution in [-0.4, -0.2) is 12.0 Å². The van der Waals surface area contributed by atoms with Crippen molar-refractivity contribution in [2.45, 2.75) is 6.18 Å². The Morgan fingerprint density at radius 2 is 1.86 bits per heavy atom. The molecule has 2 nitrogen and oxygen atoms in total. The Hall–Kier alpha value is -1.23. The number of ketones is 1. The number of alkyl halides is 3. The molecule has 0 aliphatic rings. The fraction of sp³-hybridized carbons (Fsp3) is 0.125. The highest BCUT2D eigenvalue weighted by atomic mass is 35.5. The van der Waals surface area contributed by atoms with Crippen LogP contribution < -0.4 is 4.84 Å². The van der Waals surface area contributed by atoms with E-state index in [1.54, 1.807) is 0 Å². The minimum absolute atomic E-state index is 0.0588. The number of benzene rings is 1. The van der Waals surface area contributed by atoms with Crippen LogP contribution in [0, 0.1) is 0 Å². The van der Waals surface area contributed by atoms with Gasteiger partial charge in [0, 0.05) is 11.8 Å². The number of rotatable bonds is 2. The Balaban J connectivity index is 3.13. The van der Waals surface area contributed by atoms with E-state index in [0.29, 0.717) is 0 Å². The summed E-state index contributed by atoms with van der Waals surface area (Å²) in [5, 5.41) is 0. The van der Waals surface area contributed by atoms with Crippen molar-refractivity contribution in [3.63, 3.8) is 0 Å². The van der Waals surface area contributed by atoms with E-state index >= 15 is 0 Å². The molecule has 0 bridgehead atoms. The van der Waals surface area contributed by atoms with Crippen molar-refractivity contribution >= 4 is 23.2 Å². The third kappa shape index (κ3) is 2.17. The summed E-state index contributed by atoms with van der Waals surface area (Å²) < 4.78 is 36.1. The predicted octanol–water partition coefficient (Wildman–Crippen LogP) is 3.00. The van der Waals surface area contributed by atoms with Gasteiger partial charge in [-0.3, -0.25) is 9.63 Å². The smallest absolute Gasteiger partial charge is 0.298 e. The molecule has 0 radical (unpaired) electrons. The molecule has 0 fully saturated rings. The largest absolute Gasteiger partial charge is 0.454 e. The van der Waals surface area contributed by atoms with Gasteiger partial charge in [0.2, 0.25) is 0 Å². The Bertz CT molecular complexity index is 351. The zero-order chi connectivity index (χ0) is 10.8. The second kappa shape index (κ2) is 3.88. The average Bonchev–Trinajstić information content (AvgIpc) is 2.15. The van der Waals surface area contributed by atoms with Gasteiger partial charge in [-0.25, -0.2) is 0 Å². The van der Waals surface area contributed by atoms with Crippen LogP contribution in [0.4, 0.5) is 18.9 Å². The number of halogens is 4. The van der Waals surface area contributed by atoms with Crippen LogP contribution in [0.25, 0.3) is 0 Å². The van der Waals surface area contributed by atoms with Crippen LogP contribution in [0.5, 0.6) is 0 Å². The Labute approximate surface area is 82.8 Å². The summed E-state index contributed by atoms with van der Waals surface area (Å²) in [7, 11) is 0. The van der Waals surface area contributed by atoms with Crippen LogP contribution >= 0.6 is 11.8 Å². The van der Waals surface area contributed by atoms with Gasteiger partial charge in [-0.05, 0) is 12.1 Å². The van der Waals surface area contributed by atoms with Crippen molar-refractivity contribution in [2.75, 3.05) is 4.84 Å². The first-order valence-electron chi connectivity index (χ1n) is 3.54. The van der Waals surface area contributed by atoms with Crippen LogP contribution in [0.15, 0.2) is 24.3 Å². The molecule has 0 aliphatic carbocycles. The molecule has 0 amide bonds. The summed E-state index contributed by atoms with van der Waals surface area (Å²) in [4.78, 5) is 12.8. The molecular weight excluding hydrogens is 219 g/mol. The van der Waals surface area contributed by atoms with Gasteiger partial charge in [-0.15, -0.1) is 0 Å². The maximum Gasteiger partial charge on any atom is 0.454 e. The molecule has 0 aromatic heterocycles. The monoisotopic (exact) mass is 223 g/mol. The first kappa shape index (κ1) is 10.8. The van der Waals surface area contributed by atoms with E-state index in [1.165, 1.54) is 18.2 Å². The molecule has 14 heavy (non-hydrogen) atoms. The number of carbonyl (C=O) groups is 1. The average molecular weight is 224 g/mol. The molecular formula is C8H5ClF3NO. The summed E-state index contributed by atoms with van der Waals surface area (Å²) in [5.41, 5.74) is -0.550. The number of nitrogens with one attached hydrogen (secondary N) is 1. The number of carbonyl (C=O) groups excluding carboxylic acids is 1. The summed E-state index contributed by atoms with van der Waals surface area (Å²) >= 11 is 5.16. The van der Waals surface area contributed by atoms with Gasteiger partial charge < -0.3 is 0 Å². The van der Waals surface area contributed by atoms with Crippen molar-refractivity contribution in [1.29, 1.82) is 0 Å². The first-order chi connectivity index (χ1) is 6.46. The van der Waals surface area contributed by atoms with Crippen molar-refractivity contribution in [3.05, 3.63) is 29.8 Å². The molecule has 1 rings (SSSR count). The number of Topliss-reactive ketones (excluding diaryl/α,β-unsaturated/α-hetero) is 1.